The van der Waals surface area contributed by atoms with Crippen LogP contribution in [-0.2, 0) is 13.0 Å². The molecule has 2 rings (SSSR count). The van der Waals surface area contributed by atoms with Crippen LogP contribution in [-0.4, -0.2) is 16.7 Å². The van der Waals surface area contributed by atoms with Gasteiger partial charge in [0.15, 0.2) is 0 Å². The molecule has 2 aromatic rings. The molecule has 0 saturated heterocycles. The summed E-state index contributed by atoms with van der Waals surface area (Å²) in [7, 11) is 0. The van der Waals surface area contributed by atoms with Crippen LogP contribution in [0.25, 0.3) is 0 Å². The Balaban J connectivity index is 1.80. The first-order valence-corrected chi connectivity index (χ1v) is 6.56. The Bertz CT molecular complexity index is 523. The van der Waals surface area contributed by atoms with Gasteiger partial charge in [0, 0.05) is 27.8 Å². The van der Waals surface area contributed by atoms with Crippen LogP contribution in [0, 0.1) is 6.92 Å². The molecule has 1 heterocycles. The van der Waals surface area contributed by atoms with Crippen LogP contribution in [0.4, 0.5) is 0 Å². The van der Waals surface area contributed by atoms with Crippen LogP contribution in [0.3, 0.4) is 0 Å². The van der Waals surface area contributed by atoms with Gasteiger partial charge >= 0.3 is 0 Å². The largest absolute Gasteiger partial charge is 0.312 e. The van der Waals surface area contributed by atoms with Gasteiger partial charge in [0.1, 0.15) is 0 Å². The molecule has 0 amide bonds. The van der Waals surface area contributed by atoms with Crippen molar-refractivity contribution in [2.24, 2.45) is 0 Å². The van der Waals surface area contributed by atoms with Crippen LogP contribution in [0.2, 0.25) is 10.0 Å². The van der Waals surface area contributed by atoms with E-state index in [1.54, 1.807) is 6.07 Å². The SMILES string of the molecule is Cc1[nH]ncc1CNCCc1ccc(Cl)cc1Cl. The molecule has 0 radical (unpaired) electrons. The van der Waals surface area contributed by atoms with Gasteiger partial charge in [-0.2, -0.15) is 5.10 Å². The maximum absolute atomic E-state index is 6.11. The molecule has 0 aliphatic heterocycles. The Morgan fingerprint density at radius 2 is 2.11 bits per heavy atom. The van der Waals surface area contributed by atoms with Crippen LogP contribution in [0.1, 0.15) is 16.8 Å². The molecule has 0 fully saturated rings. The number of aromatic amines is 1. The lowest BCUT2D eigenvalue weighted by atomic mass is 10.1. The fourth-order valence-corrected chi connectivity index (χ4v) is 2.23. The third-order valence-corrected chi connectivity index (χ3v) is 3.42. The maximum Gasteiger partial charge on any atom is 0.0535 e. The van der Waals surface area contributed by atoms with Gasteiger partial charge < -0.3 is 5.32 Å². The first kappa shape index (κ1) is 13.4. The number of H-pyrrole nitrogens is 1. The quantitative estimate of drug-likeness (QED) is 0.827. The van der Waals surface area contributed by atoms with Gasteiger partial charge in [0.2, 0.25) is 0 Å². The molecule has 0 atom stereocenters. The van der Waals surface area contributed by atoms with Crippen molar-refractivity contribution in [1.82, 2.24) is 15.5 Å². The van der Waals surface area contributed by atoms with E-state index >= 15 is 0 Å². The van der Waals surface area contributed by atoms with Gasteiger partial charge in [0.05, 0.1) is 6.20 Å². The summed E-state index contributed by atoms with van der Waals surface area (Å²) in [5, 5.41) is 11.7. The summed E-state index contributed by atoms with van der Waals surface area (Å²) in [5.41, 5.74) is 3.40. The second-order valence-corrected chi connectivity index (χ2v) is 5.03. The van der Waals surface area contributed by atoms with Crippen molar-refractivity contribution in [3.8, 4) is 0 Å². The highest BCUT2D eigenvalue weighted by Gasteiger charge is 2.02. The second-order valence-electron chi connectivity index (χ2n) is 4.18. The fraction of sp³-hybridized carbons (Fsp3) is 0.308. The Kier molecular flexibility index (Phi) is 4.64. The summed E-state index contributed by atoms with van der Waals surface area (Å²) >= 11 is 12.0. The zero-order chi connectivity index (χ0) is 13.0. The van der Waals surface area contributed by atoms with E-state index in [1.165, 1.54) is 5.56 Å². The third-order valence-electron chi connectivity index (χ3n) is 2.84. The first-order valence-electron chi connectivity index (χ1n) is 5.80. The maximum atomic E-state index is 6.11. The third kappa shape index (κ3) is 3.48. The van der Waals surface area contributed by atoms with E-state index in [2.05, 4.69) is 15.5 Å². The number of hydrogen-bond donors (Lipinski definition) is 2. The predicted molar refractivity (Wildman–Crippen MR) is 75.2 cm³/mol. The molecule has 2 N–H and O–H groups in total. The second kappa shape index (κ2) is 6.23. The van der Waals surface area contributed by atoms with Crippen molar-refractivity contribution < 1.29 is 0 Å². The van der Waals surface area contributed by atoms with Gasteiger partial charge in [-0.3, -0.25) is 5.10 Å². The van der Waals surface area contributed by atoms with Gasteiger partial charge in [-0.1, -0.05) is 29.3 Å². The lowest BCUT2D eigenvalue weighted by Crippen LogP contribution is -2.17. The number of hydrogen-bond acceptors (Lipinski definition) is 2. The van der Waals surface area contributed by atoms with E-state index < -0.39 is 0 Å². The molecule has 0 unspecified atom stereocenters. The molecule has 3 nitrogen and oxygen atoms in total. The van der Waals surface area contributed by atoms with Crippen LogP contribution in [0.5, 0.6) is 0 Å². The van der Waals surface area contributed by atoms with Crippen LogP contribution >= 0.6 is 23.2 Å². The normalized spacial score (nSPS) is 10.8. The van der Waals surface area contributed by atoms with Crippen molar-refractivity contribution in [2.45, 2.75) is 19.9 Å². The van der Waals surface area contributed by atoms with Gasteiger partial charge in [0.25, 0.3) is 0 Å². The zero-order valence-electron chi connectivity index (χ0n) is 10.1. The first-order chi connectivity index (χ1) is 8.66. The van der Waals surface area contributed by atoms with Crippen molar-refractivity contribution in [1.29, 1.82) is 0 Å². The number of aryl methyl sites for hydroxylation is 1. The van der Waals surface area contributed by atoms with E-state index in [4.69, 9.17) is 23.2 Å². The monoisotopic (exact) mass is 283 g/mol. The number of halogens is 2. The van der Waals surface area contributed by atoms with Gasteiger partial charge in [-0.15, -0.1) is 0 Å². The average molecular weight is 284 g/mol. The van der Waals surface area contributed by atoms with E-state index in [9.17, 15) is 0 Å². The fourth-order valence-electron chi connectivity index (χ4n) is 1.72. The van der Waals surface area contributed by atoms with Crippen LogP contribution < -0.4 is 5.32 Å². The van der Waals surface area contributed by atoms with E-state index in [-0.39, 0.29) is 0 Å². The molecule has 0 aliphatic carbocycles. The van der Waals surface area contributed by atoms with E-state index in [0.29, 0.717) is 5.02 Å². The lowest BCUT2D eigenvalue weighted by Gasteiger charge is -2.06. The average Bonchev–Trinajstić information content (AvgIpc) is 2.73. The molecule has 1 aromatic carbocycles. The van der Waals surface area contributed by atoms with Crippen molar-refractivity contribution in [3.63, 3.8) is 0 Å². The minimum absolute atomic E-state index is 0.672. The molecule has 18 heavy (non-hydrogen) atoms. The molecule has 1 aromatic heterocycles. The molecule has 0 spiro atoms. The highest BCUT2D eigenvalue weighted by molar-refractivity contribution is 6.35. The lowest BCUT2D eigenvalue weighted by molar-refractivity contribution is 0.685. The smallest absolute Gasteiger partial charge is 0.0535 e. The summed E-state index contributed by atoms with van der Waals surface area (Å²) in [5.74, 6) is 0. The molecule has 0 aliphatic rings. The highest BCUT2D eigenvalue weighted by Crippen LogP contribution is 2.21. The van der Waals surface area contributed by atoms with Crippen LogP contribution in [0.15, 0.2) is 24.4 Å². The Morgan fingerprint density at radius 3 is 2.78 bits per heavy atom. The van der Waals surface area contributed by atoms with E-state index in [0.717, 1.165) is 35.8 Å². The van der Waals surface area contributed by atoms with Gasteiger partial charge in [-0.25, -0.2) is 0 Å². The summed E-state index contributed by atoms with van der Waals surface area (Å²) in [6.45, 7) is 3.69. The molecular formula is C13H15Cl2N3. The number of aromatic nitrogens is 2. The minimum atomic E-state index is 0.672. The topological polar surface area (TPSA) is 40.7 Å². The molecular weight excluding hydrogens is 269 g/mol. The minimum Gasteiger partial charge on any atom is -0.312 e. The molecule has 0 bridgehead atoms. The summed E-state index contributed by atoms with van der Waals surface area (Å²) < 4.78 is 0. The number of benzene rings is 1. The molecule has 0 saturated carbocycles. The Labute approximate surface area is 117 Å². The van der Waals surface area contributed by atoms with Gasteiger partial charge in [-0.05, 0) is 37.6 Å². The number of rotatable bonds is 5. The summed E-state index contributed by atoms with van der Waals surface area (Å²) in [4.78, 5) is 0. The summed E-state index contributed by atoms with van der Waals surface area (Å²) in [6.07, 6.45) is 2.73. The molecule has 5 heteroatoms. The molecule has 96 valence electrons. The standard InChI is InChI=1S/C13H15Cl2N3/c1-9-11(8-17-18-9)7-16-5-4-10-2-3-12(14)6-13(10)15/h2-3,6,8,16H,4-5,7H2,1H3,(H,17,18). The van der Waals surface area contributed by atoms with Crippen molar-refractivity contribution in [3.05, 3.63) is 51.3 Å². The number of nitrogens with one attached hydrogen (secondary N) is 2. The Hall–Kier alpha value is -1.03. The van der Waals surface area contributed by atoms with Crippen molar-refractivity contribution >= 4 is 23.2 Å². The highest BCUT2D eigenvalue weighted by atomic mass is 35.5. The Morgan fingerprint density at radius 1 is 1.28 bits per heavy atom. The van der Waals surface area contributed by atoms with E-state index in [1.807, 2.05) is 25.3 Å². The number of nitrogens with zero attached hydrogens (tertiary/aromatic N) is 1. The van der Waals surface area contributed by atoms with Crippen molar-refractivity contribution in [2.75, 3.05) is 6.54 Å². The predicted octanol–water partition coefficient (Wildman–Crippen LogP) is 3.36. The zero-order valence-corrected chi connectivity index (χ0v) is 11.6. The summed E-state index contributed by atoms with van der Waals surface area (Å²) in [6, 6.07) is 5.61.